The molecule has 2 N–H and O–H groups in total. The highest BCUT2D eigenvalue weighted by Crippen LogP contribution is 2.36. The molecule has 1 amide bonds. The monoisotopic (exact) mass is 410 g/mol. The quantitative estimate of drug-likeness (QED) is 0.597. The molecule has 3 rings (SSSR count). The molecule has 3 aromatic rings. The van der Waals surface area contributed by atoms with Crippen molar-refractivity contribution < 1.29 is 4.79 Å². The molecule has 0 aliphatic heterocycles. The van der Waals surface area contributed by atoms with Crippen molar-refractivity contribution in [1.29, 1.82) is 0 Å². The second kappa shape index (κ2) is 7.21. The van der Waals surface area contributed by atoms with Crippen molar-refractivity contribution in [3.8, 4) is 0 Å². The Morgan fingerprint density at radius 3 is 2.52 bits per heavy atom. The zero-order valence-corrected chi connectivity index (χ0v) is 16.3. The number of nitrogens with one attached hydrogen (secondary N) is 2. The molecule has 5 nitrogen and oxygen atoms in total. The van der Waals surface area contributed by atoms with E-state index >= 15 is 0 Å². The summed E-state index contributed by atoms with van der Waals surface area (Å²) in [7, 11) is 0. The number of anilines is 1. The van der Waals surface area contributed by atoms with Crippen LogP contribution in [-0.4, -0.2) is 21.0 Å². The van der Waals surface area contributed by atoms with Crippen LogP contribution in [0.15, 0.2) is 24.3 Å². The van der Waals surface area contributed by atoms with Crippen molar-refractivity contribution in [1.82, 2.24) is 15.3 Å². The van der Waals surface area contributed by atoms with E-state index < -0.39 is 5.91 Å². The van der Waals surface area contributed by atoms with Crippen molar-refractivity contribution in [2.75, 3.05) is 5.32 Å². The van der Waals surface area contributed by atoms with Gasteiger partial charge in [-0.25, -0.2) is 9.97 Å². The standard InChI is InChI=1S/C16H12Cl2N4OS2/c1-7-5-8(2)20-15(19-7)22-16(24)21-14(23)13-12(18)10-4-3-9(17)6-11(10)25-13/h3-6H,1-2H3,(H2,19,20,21,22,23,24). The summed E-state index contributed by atoms with van der Waals surface area (Å²) in [5.41, 5.74) is 1.60. The van der Waals surface area contributed by atoms with Gasteiger partial charge >= 0.3 is 0 Å². The molecule has 0 unspecified atom stereocenters. The van der Waals surface area contributed by atoms with Gasteiger partial charge in [-0.15, -0.1) is 11.3 Å². The predicted molar refractivity (Wildman–Crippen MR) is 107 cm³/mol. The number of nitrogens with zero attached hydrogens (tertiary/aromatic N) is 2. The van der Waals surface area contributed by atoms with E-state index in [-0.39, 0.29) is 5.11 Å². The van der Waals surface area contributed by atoms with E-state index in [0.29, 0.717) is 20.9 Å². The Hall–Kier alpha value is -1.80. The maximum Gasteiger partial charge on any atom is 0.269 e. The van der Waals surface area contributed by atoms with Crippen molar-refractivity contribution in [3.63, 3.8) is 0 Å². The molecule has 2 heterocycles. The molecule has 0 atom stereocenters. The smallest absolute Gasteiger partial charge is 0.269 e. The molecule has 0 aliphatic carbocycles. The summed E-state index contributed by atoms with van der Waals surface area (Å²) in [6.07, 6.45) is 0. The van der Waals surface area contributed by atoms with Gasteiger partial charge in [-0.1, -0.05) is 29.3 Å². The number of hydrogen-bond donors (Lipinski definition) is 2. The van der Waals surface area contributed by atoms with Crippen LogP contribution in [0.1, 0.15) is 21.1 Å². The lowest BCUT2D eigenvalue weighted by atomic mass is 10.2. The summed E-state index contributed by atoms with van der Waals surface area (Å²) in [4.78, 5) is 21.3. The number of rotatable bonds is 2. The van der Waals surface area contributed by atoms with Crippen LogP contribution in [0.25, 0.3) is 10.1 Å². The number of thiophene rings is 1. The molecule has 0 fully saturated rings. The molecule has 0 spiro atoms. The van der Waals surface area contributed by atoms with Gasteiger partial charge in [-0.3, -0.25) is 10.1 Å². The second-order valence-electron chi connectivity index (χ2n) is 5.27. The van der Waals surface area contributed by atoms with E-state index in [1.807, 2.05) is 19.9 Å². The Bertz CT molecular complexity index is 983. The molecular weight excluding hydrogens is 399 g/mol. The van der Waals surface area contributed by atoms with E-state index in [1.165, 1.54) is 11.3 Å². The molecular formula is C16H12Cl2N4OS2. The number of aryl methyl sites for hydroxylation is 2. The van der Waals surface area contributed by atoms with E-state index in [4.69, 9.17) is 35.4 Å². The van der Waals surface area contributed by atoms with Crippen LogP contribution < -0.4 is 10.6 Å². The summed E-state index contributed by atoms with van der Waals surface area (Å²) in [6, 6.07) is 7.13. The molecule has 1 aromatic carbocycles. The molecule has 0 saturated carbocycles. The van der Waals surface area contributed by atoms with Crippen LogP contribution >= 0.6 is 46.8 Å². The molecule has 0 aliphatic rings. The van der Waals surface area contributed by atoms with Crippen LogP contribution in [0.3, 0.4) is 0 Å². The Balaban J connectivity index is 1.77. The van der Waals surface area contributed by atoms with Crippen molar-refractivity contribution >= 4 is 73.8 Å². The Morgan fingerprint density at radius 2 is 1.84 bits per heavy atom. The highest BCUT2D eigenvalue weighted by atomic mass is 35.5. The van der Waals surface area contributed by atoms with E-state index in [0.717, 1.165) is 21.5 Å². The van der Waals surface area contributed by atoms with E-state index in [9.17, 15) is 4.79 Å². The summed E-state index contributed by atoms with van der Waals surface area (Å²) in [5, 5.41) is 7.23. The first kappa shape index (κ1) is 18.0. The van der Waals surface area contributed by atoms with Crippen LogP contribution in [0, 0.1) is 13.8 Å². The lowest BCUT2D eigenvalue weighted by Crippen LogP contribution is -2.34. The lowest BCUT2D eigenvalue weighted by Gasteiger charge is -2.08. The van der Waals surface area contributed by atoms with Crippen molar-refractivity contribution in [3.05, 3.63) is 50.6 Å². The zero-order chi connectivity index (χ0) is 18.1. The first-order chi connectivity index (χ1) is 11.8. The fourth-order valence-corrected chi connectivity index (χ4v) is 4.13. The van der Waals surface area contributed by atoms with Gasteiger partial charge in [-0.2, -0.15) is 0 Å². The maximum atomic E-state index is 12.5. The minimum absolute atomic E-state index is 0.0987. The number of amides is 1. The number of benzene rings is 1. The molecule has 0 saturated heterocycles. The lowest BCUT2D eigenvalue weighted by molar-refractivity contribution is 0.0982. The molecule has 0 radical (unpaired) electrons. The van der Waals surface area contributed by atoms with Crippen LogP contribution in [-0.2, 0) is 0 Å². The molecule has 2 aromatic heterocycles. The van der Waals surface area contributed by atoms with E-state index in [2.05, 4.69) is 20.6 Å². The van der Waals surface area contributed by atoms with Crippen LogP contribution in [0.2, 0.25) is 10.0 Å². The average Bonchev–Trinajstić information content (AvgIpc) is 2.82. The van der Waals surface area contributed by atoms with Gasteiger partial charge in [0.15, 0.2) is 5.11 Å². The van der Waals surface area contributed by atoms with Gasteiger partial charge in [0.1, 0.15) is 4.88 Å². The number of thiocarbonyl (C=S) groups is 1. The van der Waals surface area contributed by atoms with Gasteiger partial charge in [0.05, 0.1) is 5.02 Å². The molecule has 128 valence electrons. The number of halogens is 2. The zero-order valence-electron chi connectivity index (χ0n) is 13.2. The summed E-state index contributed by atoms with van der Waals surface area (Å²) >= 11 is 18.7. The normalized spacial score (nSPS) is 10.7. The molecule has 9 heteroatoms. The van der Waals surface area contributed by atoms with Gasteiger partial charge in [0.2, 0.25) is 5.95 Å². The van der Waals surface area contributed by atoms with Gasteiger partial charge < -0.3 is 5.32 Å². The third-order valence-electron chi connectivity index (χ3n) is 3.23. The van der Waals surface area contributed by atoms with Crippen molar-refractivity contribution in [2.45, 2.75) is 13.8 Å². The minimum atomic E-state index is -0.399. The number of hydrogen-bond acceptors (Lipinski definition) is 5. The maximum absolute atomic E-state index is 12.5. The fraction of sp³-hybridized carbons (Fsp3) is 0.125. The molecule has 25 heavy (non-hydrogen) atoms. The Morgan fingerprint density at radius 1 is 1.16 bits per heavy atom. The Kier molecular flexibility index (Phi) is 5.19. The first-order valence-electron chi connectivity index (χ1n) is 7.15. The SMILES string of the molecule is Cc1cc(C)nc(NC(=S)NC(=O)c2sc3cc(Cl)ccc3c2Cl)n1. The summed E-state index contributed by atoms with van der Waals surface area (Å²) in [6.45, 7) is 3.70. The van der Waals surface area contributed by atoms with Crippen LogP contribution in [0.4, 0.5) is 5.95 Å². The van der Waals surface area contributed by atoms with E-state index in [1.54, 1.807) is 18.2 Å². The number of fused-ring (bicyclic) bond motifs is 1. The second-order valence-corrected chi connectivity index (χ2v) is 7.54. The predicted octanol–water partition coefficient (Wildman–Crippen LogP) is 4.74. The largest absolute Gasteiger partial charge is 0.301 e. The summed E-state index contributed by atoms with van der Waals surface area (Å²) < 4.78 is 0.833. The van der Waals surface area contributed by atoms with Crippen LogP contribution in [0.5, 0.6) is 0 Å². The molecule has 0 bridgehead atoms. The number of aromatic nitrogens is 2. The summed E-state index contributed by atoms with van der Waals surface area (Å²) in [5.74, 6) is -0.0683. The fourth-order valence-electron chi connectivity index (χ4n) is 2.26. The van der Waals surface area contributed by atoms with Gasteiger partial charge in [0.25, 0.3) is 5.91 Å². The number of carbonyl (C=O) groups is 1. The third kappa shape index (κ3) is 4.07. The topological polar surface area (TPSA) is 66.9 Å². The van der Waals surface area contributed by atoms with Gasteiger partial charge in [-0.05, 0) is 44.3 Å². The highest BCUT2D eigenvalue weighted by molar-refractivity contribution is 7.80. The first-order valence-corrected chi connectivity index (χ1v) is 9.13. The third-order valence-corrected chi connectivity index (χ3v) is 5.33. The van der Waals surface area contributed by atoms with Gasteiger partial charge in [0, 0.05) is 26.5 Å². The van der Waals surface area contributed by atoms with Crippen molar-refractivity contribution in [2.24, 2.45) is 0 Å². The average molecular weight is 411 g/mol. The Labute approximate surface area is 163 Å². The minimum Gasteiger partial charge on any atom is -0.301 e. The highest BCUT2D eigenvalue weighted by Gasteiger charge is 2.18. The number of carbonyl (C=O) groups excluding carboxylic acids is 1.